The molecule has 0 bridgehead atoms. The number of H-pyrrole nitrogens is 2. The lowest BCUT2D eigenvalue weighted by molar-refractivity contribution is 1.04. The molecule has 0 radical (unpaired) electrons. The Morgan fingerprint density at radius 2 is 1.26 bits per heavy atom. The van der Waals surface area contributed by atoms with Crippen LogP contribution in [0.3, 0.4) is 0 Å². The Morgan fingerprint density at radius 3 is 1.63 bits per heavy atom. The Kier molecular flexibility index (Phi) is 3.16. The Bertz CT molecular complexity index is 680. The lowest BCUT2D eigenvalue weighted by Crippen LogP contribution is -2.22. The molecule has 0 spiro atoms. The molecule has 2 aromatic heterocycles. The molecule has 0 amide bonds. The zero-order valence-corrected chi connectivity index (χ0v) is 10.8. The Balaban J connectivity index is 2.61. The highest BCUT2D eigenvalue weighted by Gasteiger charge is 2.14. The van der Waals surface area contributed by atoms with Gasteiger partial charge in [-0.05, 0) is 25.0 Å². The molecule has 0 aromatic carbocycles. The fraction of sp³-hybridized carbons (Fsp3) is 0.231. The first-order valence-corrected chi connectivity index (χ1v) is 5.85. The van der Waals surface area contributed by atoms with Gasteiger partial charge in [0.05, 0.1) is 0 Å². The molecule has 0 fully saturated rings. The number of rotatable bonds is 2. The average Bonchev–Trinajstić information content (AvgIpc) is 2.38. The van der Waals surface area contributed by atoms with Crippen molar-refractivity contribution in [2.24, 2.45) is 0 Å². The van der Waals surface area contributed by atoms with Gasteiger partial charge in [-0.1, -0.05) is 0 Å². The van der Waals surface area contributed by atoms with Crippen LogP contribution in [-0.2, 0) is 6.42 Å². The minimum absolute atomic E-state index is 0.117. The van der Waals surface area contributed by atoms with E-state index in [2.05, 4.69) is 9.97 Å². The summed E-state index contributed by atoms with van der Waals surface area (Å²) < 4.78 is 0. The molecule has 0 aliphatic heterocycles. The maximum Gasteiger partial charge on any atom is 0.253 e. The van der Waals surface area contributed by atoms with Crippen molar-refractivity contribution in [3.8, 4) is 0 Å². The fourth-order valence-electron chi connectivity index (χ4n) is 1.93. The maximum atomic E-state index is 11.8. The average molecular weight is 260 g/mol. The number of pyridine rings is 2. The molecule has 0 aliphatic rings. The van der Waals surface area contributed by atoms with E-state index in [0.717, 1.165) is 11.1 Å². The second kappa shape index (κ2) is 4.64. The Labute approximate surface area is 109 Å². The molecular formula is C13H16N4O2. The number of aryl methyl sites for hydroxylation is 2. The van der Waals surface area contributed by atoms with E-state index in [9.17, 15) is 9.59 Å². The van der Waals surface area contributed by atoms with E-state index in [1.807, 2.05) is 0 Å². The van der Waals surface area contributed by atoms with E-state index in [4.69, 9.17) is 11.5 Å². The van der Waals surface area contributed by atoms with Crippen LogP contribution in [0.15, 0.2) is 22.0 Å². The summed E-state index contributed by atoms with van der Waals surface area (Å²) in [5.74, 6) is 0. The van der Waals surface area contributed by atoms with E-state index < -0.39 is 0 Å². The smallest absolute Gasteiger partial charge is 0.253 e. The van der Waals surface area contributed by atoms with Crippen molar-refractivity contribution in [3.05, 3.63) is 55.4 Å². The van der Waals surface area contributed by atoms with Crippen molar-refractivity contribution in [3.63, 3.8) is 0 Å². The summed E-state index contributed by atoms with van der Waals surface area (Å²) in [7, 11) is 0. The van der Waals surface area contributed by atoms with Gasteiger partial charge in [0.2, 0.25) is 0 Å². The molecular weight excluding hydrogens is 244 g/mol. The van der Waals surface area contributed by atoms with Crippen molar-refractivity contribution >= 4 is 11.4 Å². The lowest BCUT2D eigenvalue weighted by atomic mass is 10.0. The standard InChI is InChI=1S/C13H16N4O2/c1-6-4-16-12(18)8(10(6)14)3-9-11(15)7(2)5-17-13(9)19/h4-5H,3H2,1-2H3,(H3,14,16,18)(H3,15,17,19). The topological polar surface area (TPSA) is 118 Å². The summed E-state index contributed by atoms with van der Waals surface area (Å²) in [4.78, 5) is 28.8. The van der Waals surface area contributed by atoms with Crippen LogP contribution >= 0.6 is 0 Å². The zero-order chi connectivity index (χ0) is 14.2. The normalized spacial score (nSPS) is 10.6. The third-order valence-corrected chi connectivity index (χ3v) is 3.24. The van der Waals surface area contributed by atoms with Gasteiger partial charge in [0.25, 0.3) is 11.1 Å². The Hall–Kier alpha value is -2.50. The zero-order valence-electron chi connectivity index (χ0n) is 10.8. The minimum Gasteiger partial charge on any atom is -0.398 e. The van der Waals surface area contributed by atoms with Crippen molar-refractivity contribution in [2.45, 2.75) is 20.3 Å². The van der Waals surface area contributed by atoms with E-state index in [0.29, 0.717) is 22.5 Å². The number of hydrogen-bond donors (Lipinski definition) is 4. The number of nitrogens with two attached hydrogens (primary N) is 2. The molecule has 6 heteroatoms. The third kappa shape index (κ3) is 2.24. The predicted octanol–water partition coefficient (Wildman–Crippen LogP) is 0.435. The van der Waals surface area contributed by atoms with Crippen LogP contribution in [0, 0.1) is 13.8 Å². The van der Waals surface area contributed by atoms with Crippen LogP contribution in [0.1, 0.15) is 22.3 Å². The first-order chi connectivity index (χ1) is 8.91. The van der Waals surface area contributed by atoms with Crippen molar-refractivity contribution < 1.29 is 0 Å². The fourth-order valence-corrected chi connectivity index (χ4v) is 1.93. The van der Waals surface area contributed by atoms with Crippen LogP contribution in [0.5, 0.6) is 0 Å². The molecule has 2 rings (SSSR count). The van der Waals surface area contributed by atoms with E-state index in [-0.39, 0.29) is 17.5 Å². The van der Waals surface area contributed by atoms with Gasteiger partial charge in [0, 0.05) is 41.3 Å². The first kappa shape index (κ1) is 12.9. The second-order valence-corrected chi connectivity index (χ2v) is 4.56. The highest BCUT2D eigenvalue weighted by Crippen LogP contribution is 2.18. The van der Waals surface area contributed by atoms with Crippen LogP contribution in [-0.4, -0.2) is 9.97 Å². The first-order valence-electron chi connectivity index (χ1n) is 5.85. The van der Waals surface area contributed by atoms with Gasteiger partial charge >= 0.3 is 0 Å². The number of nitrogens with one attached hydrogen (secondary N) is 2. The number of aromatic amines is 2. The van der Waals surface area contributed by atoms with E-state index in [1.54, 1.807) is 26.2 Å². The van der Waals surface area contributed by atoms with E-state index in [1.165, 1.54) is 0 Å². The largest absolute Gasteiger partial charge is 0.398 e. The number of nitrogen functional groups attached to an aromatic ring is 2. The van der Waals surface area contributed by atoms with Gasteiger partial charge in [-0.3, -0.25) is 9.59 Å². The quantitative estimate of drug-likeness (QED) is 0.626. The van der Waals surface area contributed by atoms with E-state index >= 15 is 0 Å². The summed E-state index contributed by atoms with van der Waals surface area (Å²) >= 11 is 0. The molecule has 0 aliphatic carbocycles. The van der Waals surface area contributed by atoms with Gasteiger partial charge in [-0.15, -0.1) is 0 Å². The molecule has 2 heterocycles. The Morgan fingerprint density at radius 1 is 0.895 bits per heavy atom. The summed E-state index contributed by atoms with van der Waals surface area (Å²) in [6, 6.07) is 0. The van der Waals surface area contributed by atoms with Crippen molar-refractivity contribution in [2.75, 3.05) is 11.5 Å². The van der Waals surface area contributed by atoms with Crippen LogP contribution < -0.4 is 22.6 Å². The molecule has 6 nitrogen and oxygen atoms in total. The van der Waals surface area contributed by atoms with Gasteiger partial charge in [0.15, 0.2) is 0 Å². The number of hydrogen-bond acceptors (Lipinski definition) is 4. The number of aromatic nitrogens is 2. The highest BCUT2D eigenvalue weighted by atomic mass is 16.1. The van der Waals surface area contributed by atoms with Crippen LogP contribution in [0.4, 0.5) is 11.4 Å². The van der Waals surface area contributed by atoms with Gasteiger partial charge < -0.3 is 21.4 Å². The van der Waals surface area contributed by atoms with Crippen LogP contribution in [0.2, 0.25) is 0 Å². The summed E-state index contributed by atoms with van der Waals surface area (Å²) in [6.07, 6.45) is 3.21. The molecule has 19 heavy (non-hydrogen) atoms. The van der Waals surface area contributed by atoms with Crippen LogP contribution in [0.25, 0.3) is 0 Å². The molecule has 100 valence electrons. The molecule has 0 atom stereocenters. The molecule has 6 N–H and O–H groups in total. The van der Waals surface area contributed by atoms with Crippen molar-refractivity contribution in [1.82, 2.24) is 9.97 Å². The third-order valence-electron chi connectivity index (χ3n) is 3.24. The summed E-state index contributed by atoms with van der Waals surface area (Å²) in [6.45, 7) is 3.58. The predicted molar refractivity (Wildman–Crippen MR) is 75.2 cm³/mol. The van der Waals surface area contributed by atoms with Crippen molar-refractivity contribution in [1.29, 1.82) is 0 Å². The van der Waals surface area contributed by atoms with Gasteiger partial charge in [-0.2, -0.15) is 0 Å². The SMILES string of the molecule is Cc1c[nH]c(=O)c(Cc2c(N)c(C)c[nH]c2=O)c1N. The maximum absolute atomic E-state index is 11.8. The molecule has 2 aromatic rings. The molecule has 0 unspecified atom stereocenters. The summed E-state index contributed by atoms with van der Waals surface area (Å²) in [5, 5.41) is 0. The minimum atomic E-state index is -0.302. The second-order valence-electron chi connectivity index (χ2n) is 4.56. The van der Waals surface area contributed by atoms with Gasteiger partial charge in [0.1, 0.15) is 0 Å². The summed E-state index contributed by atoms with van der Waals surface area (Å²) in [5.41, 5.74) is 14.2. The lowest BCUT2D eigenvalue weighted by Gasteiger charge is -2.10. The monoisotopic (exact) mass is 260 g/mol. The number of anilines is 2. The molecule has 0 saturated carbocycles. The highest BCUT2D eigenvalue weighted by molar-refractivity contribution is 5.57. The molecule has 0 saturated heterocycles. The van der Waals surface area contributed by atoms with Gasteiger partial charge in [-0.25, -0.2) is 0 Å².